The van der Waals surface area contributed by atoms with Gasteiger partial charge in [-0.05, 0) is 49.4 Å². The third-order valence-corrected chi connectivity index (χ3v) is 18.5. The standard InChI is InChI=1S/C72H140O17P2/c1-62(2)48-40-32-24-19-17-15-13-11-9-10-12-14-16-18-20-28-38-46-54-71(76)88-67(58-83-70(75)53-45-37-29-23-26-34-42-50-64(5)6)60-86-90(78,79)84-56-66(73)57-85-91(80,81)87-61-68(89-72(77)55-47-39-31-30-35-43-51-65(7)8)59-82-69(74)52-44-36-27-22-21-25-33-41-49-63(3)4/h62-68,73H,9-61H2,1-8H3,(H,78,79)(H,80,81)/t66?,67-,68-/m1/s1. The van der Waals surface area contributed by atoms with Gasteiger partial charge < -0.3 is 33.8 Å². The summed E-state index contributed by atoms with van der Waals surface area (Å²) in [5, 5.41) is 10.6. The highest BCUT2D eigenvalue weighted by Crippen LogP contribution is 2.45. The van der Waals surface area contributed by atoms with Crippen LogP contribution in [0.2, 0.25) is 0 Å². The minimum Gasteiger partial charge on any atom is -0.462 e. The Bertz CT molecular complexity index is 1800. The monoisotopic (exact) mass is 1340 g/mol. The summed E-state index contributed by atoms with van der Waals surface area (Å²) in [6.45, 7) is 14.0. The fourth-order valence-electron chi connectivity index (χ4n) is 10.8. The van der Waals surface area contributed by atoms with E-state index < -0.39 is 97.5 Å². The van der Waals surface area contributed by atoms with E-state index in [9.17, 15) is 43.2 Å². The van der Waals surface area contributed by atoms with Crippen molar-refractivity contribution >= 4 is 39.5 Å². The van der Waals surface area contributed by atoms with Gasteiger partial charge in [-0.15, -0.1) is 0 Å². The Balaban J connectivity index is 5.15. The molecule has 19 heteroatoms. The summed E-state index contributed by atoms with van der Waals surface area (Å²) < 4.78 is 68.2. The molecule has 0 fully saturated rings. The summed E-state index contributed by atoms with van der Waals surface area (Å²) in [5.74, 6) is 0.788. The molecule has 0 saturated carbocycles. The van der Waals surface area contributed by atoms with Gasteiger partial charge in [-0.1, -0.05) is 306 Å². The summed E-state index contributed by atoms with van der Waals surface area (Å²) in [4.78, 5) is 72.5. The van der Waals surface area contributed by atoms with Crippen LogP contribution in [0.5, 0.6) is 0 Å². The number of rotatable bonds is 69. The first-order valence-electron chi connectivity index (χ1n) is 37.2. The van der Waals surface area contributed by atoms with Crippen LogP contribution >= 0.6 is 15.6 Å². The van der Waals surface area contributed by atoms with Crippen LogP contribution in [0.15, 0.2) is 0 Å². The van der Waals surface area contributed by atoms with Gasteiger partial charge in [0.15, 0.2) is 12.2 Å². The molecule has 3 N–H and O–H groups in total. The molecular formula is C72H140O17P2. The van der Waals surface area contributed by atoms with Gasteiger partial charge in [-0.25, -0.2) is 9.13 Å². The van der Waals surface area contributed by atoms with Crippen molar-refractivity contribution in [1.82, 2.24) is 0 Å². The number of aliphatic hydroxyl groups is 1. The molecule has 17 nitrogen and oxygen atoms in total. The number of hydrogen-bond acceptors (Lipinski definition) is 15. The van der Waals surface area contributed by atoms with Crippen molar-refractivity contribution in [3.63, 3.8) is 0 Å². The fourth-order valence-corrected chi connectivity index (χ4v) is 12.4. The summed E-state index contributed by atoms with van der Waals surface area (Å²) in [7, 11) is -9.90. The van der Waals surface area contributed by atoms with E-state index in [4.69, 9.17) is 37.0 Å². The summed E-state index contributed by atoms with van der Waals surface area (Å²) in [6.07, 6.45) is 44.9. The molecule has 0 aliphatic heterocycles. The van der Waals surface area contributed by atoms with E-state index in [-0.39, 0.29) is 25.7 Å². The van der Waals surface area contributed by atoms with E-state index in [1.165, 1.54) is 154 Å². The van der Waals surface area contributed by atoms with Crippen LogP contribution in [0, 0.1) is 23.7 Å². The van der Waals surface area contributed by atoms with Crippen molar-refractivity contribution in [3.8, 4) is 0 Å². The zero-order valence-corrected chi connectivity index (χ0v) is 61.3. The Morgan fingerprint density at radius 3 is 0.681 bits per heavy atom. The minimum absolute atomic E-state index is 0.101. The van der Waals surface area contributed by atoms with Crippen molar-refractivity contribution in [3.05, 3.63) is 0 Å². The molecule has 0 heterocycles. The zero-order chi connectivity index (χ0) is 67.5. The van der Waals surface area contributed by atoms with Crippen molar-refractivity contribution in [1.29, 1.82) is 0 Å². The molecule has 0 aliphatic carbocycles. The Labute approximate surface area is 556 Å². The van der Waals surface area contributed by atoms with Crippen molar-refractivity contribution in [2.24, 2.45) is 23.7 Å². The van der Waals surface area contributed by atoms with Gasteiger partial charge in [0.25, 0.3) is 0 Å². The number of esters is 4. The third-order valence-electron chi connectivity index (χ3n) is 16.6. The van der Waals surface area contributed by atoms with Crippen LogP contribution in [-0.4, -0.2) is 96.7 Å². The topological polar surface area (TPSA) is 237 Å². The minimum atomic E-state index is -4.95. The fraction of sp³-hybridized carbons (Fsp3) is 0.944. The van der Waals surface area contributed by atoms with Crippen LogP contribution < -0.4 is 0 Å². The second-order valence-corrected chi connectivity index (χ2v) is 30.8. The van der Waals surface area contributed by atoms with E-state index in [1.54, 1.807) is 0 Å². The highest BCUT2D eigenvalue weighted by Gasteiger charge is 2.30. The van der Waals surface area contributed by atoms with Gasteiger partial charge in [0.1, 0.15) is 19.3 Å². The molecule has 0 saturated heterocycles. The van der Waals surface area contributed by atoms with Gasteiger partial charge in [-0.2, -0.15) is 0 Å². The molecule has 5 atom stereocenters. The summed E-state index contributed by atoms with van der Waals surface area (Å²) >= 11 is 0. The number of carbonyl (C=O) groups is 4. The smallest absolute Gasteiger partial charge is 0.462 e. The molecule has 0 aromatic heterocycles. The third kappa shape index (κ3) is 66.5. The molecule has 91 heavy (non-hydrogen) atoms. The average molecular weight is 1340 g/mol. The van der Waals surface area contributed by atoms with Gasteiger partial charge in [0.05, 0.1) is 26.4 Å². The van der Waals surface area contributed by atoms with Crippen molar-refractivity contribution in [2.75, 3.05) is 39.6 Å². The molecule has 0 aromatic carbocycles. The first kappa shape index (κ1) is 89.1. The highest BCUT2D eigenvalue weighted by molar-refractivity contribution is 7.47. The number of hydrogen-bond donors (Lipinski definition) is 3. The first-order chi connectivity index (χ1) is 43.6. The molecule has 0 bridgehead atoms. The van der Waals surface area contributed by atoms with Crippen LogP contribution in [-0.2, 0) is 65.4 Å². The Hall–Kier alpha value is -1.94. The van der Waals surface area contributed by atoms with E-state index >= 15 is 0 Å². The lowest BCUT2D eigenvalue weighted by atomic mass is 10.0. The maximum absolute atomic E-state index is 13.0. The number of carbonyl (C=O) groups excluding carboxylic acids is 4. The maximum Gasteiger partial charge on any atom is 0.472 e. The molecule has 3 unspecified atom stereocenters. The van der Waals surface area contributed by atoms with E-state index in [1.807, 2.05) is 0 Å². The largest absolute Gasteiger partial charge is 0.472 e. The second kappa shape index (κ2) is 61.6. The lowest BCUT2D eigenvalue weighted by Gasteiger charge is -2.21. The molecule has 0 amide bonds. The van der Waals surface area contributed by atoms with E-state index in [0.717, 1.165) is 108 Å². The first-order valence-corrected chi connectivity index (χ1v) is 40.2. The highest BCUT2D eigenvalue weighted by atomic mass is 31.2. The molecule has 540 valence electrons. The molecule has 0 rings (SSSR count). The number of phosphoric acid groups is 2. The average Bonchev–Trinajstić information content (AvgIpc) is 2.79. The number of phosphoric ester groups is 2. The van der Waals surface area contributed by atoms with Gasteiger partial charge >= 0.3 is 39.5 Å². The number of ether oxygens (including phenoxy) is 4. The SMILES string of the molecule is CC(C)CCCCCCCCCCCCCCCCCCCCC(=O)O[C@H](COC(=O)CCCCCCCCCC(C)C)COP(=O)(O)OCC(O)COP(=O)(O)OC[C@@H](COC(=O)CCCCCCCCCCC(C)C)OC(=O)CCCCCCCCC(C)C. The van der Waals surface area contributed by atoms with Crippen LogP contribution in [0.25, 0.3) is 0 Å². The Morgan fingerprint density at radius 1 is 0.275 bits per heavy atom. The quantitative estimate of drug-likeness (QED) is 0.0222. The zero-order valence-electron chi connectivity index (χ0n) is 59.5. The summed E-state index contributed by atoms with van der Waals surface area (Å²) in [6, 6.07) is 0. The molecule has 0 aromatic rings. The van der Waals surface area contributed by atoms with Gasteiger partial charge in [0.2, 0.25) is 0 Å². The second-order valence-electron chi connectivity index (χ2n) is 27.9. The van der Waals surface area contributed by atoms with Crippen molar-refractivity contribution < 1.29 is 80.2 Å². The predicted molar refractivity (Wildman–Crippen MR) is 367 cm³/mol. The van der Waals surface area contributed by atoms with Crippen LogP contribution in [0.4, 0.5) is 0 Å². The lowest BCUT2D eigenvalue weighted by molar-refractivity contribution is -0.161. The van der Waals surface area contributed by atoms with Crippen LogP contribution in [0.1, 0.15) is 357 Å². The van der Waals surface area contributed by atoms with Crippen molar-refractivity contribution in [2.45, 2.75) is 375 Å². The predicted octanol–water partition coefficient (Wildman–Crippen LogP) is 20.5. The Morgan fingerprint density at radius 2 is 0.462 bits per heavy atom. The molecule has 0 radical (unpaired) electrons. The summed E-state index contributed by atoms with van der Waals surface area (Å²) in [5.41, 5.74) is 0. The normalized spacial score (nSPS) is 14.2. The van der Waals surface area contributed by atoms with Gasteiger partial charge in [-0.3, -0.25) is 37.3 Å². The number of unbranched alkanes of at least 4 members (excludes halogenated alkanes) is 35. The number of aliphatic hydroxyl groups excluding tert-OH is 1. The van der Waals surface area contributed by atoms with Gasteiger partial charge in [0, 0.05) is 25.7 Å². The molecule has 0 aliphatic rings. The van der Waals surface area contributed by atoms with E-state index in [2.05, 4.69) is 55.4 Å². The van der Waals surface area contributed by atoms with Crippen LogP contribution in [0.3, 0.4) is 0 Å². The lowest BCUT2D eigenvalue weighted by Crippen LogP contribution is -2.30. The maximum atomic E-state index is 13.0. The Kier molecular flexibility index (Phi) is 60.3. The molecule has 0 spiro atoms. The molecular weight excluding hydrogens is 1200 g/mol. The van der Waals surface area contributed by atoms with E-state index in [0.29, 0.717) is 37.5 Å².